The lowest BCUT2D eigenvalue weighted by atomic mass is 10.8. The topological polar surface area (TPSA) is 12.4 Å². The molecule has 0 aromatic carbocycles. The molecule has 0 N–H and O–H groups in total. The lowest BCUT2D eigenvalue weighted by molar-refractivity contribution is 0.231. The van der Waals surface area contributed by atoms with Gasteiger partial charge in [0.05, 0.1) is 6.21 Å². The van der Waals surface area contributed by atoms with Crippen LogP contribution < -0.4 is 0 Å². The van der Waals surface area contributed by atoms with E-state index in [4.69, 9.17) is 0 Å². The Labute approximate surface area is 34.7 Å². The van der Waals surface area contributed by atoms with Crippen LogP contribution in [0.15, 0.2) is 4.99 Å². The van der Waals surface area contributed by atoms with Gasteiger partial charge in [-0.05, 0) is 0 Å². The van der Waals surface area contributed by atoms with E-state index in [9.17, 15) is 8.78 Å². The minimum Gasteiger partial charge on any atom is -0.295 e. The molecule has 0 radical (unpaired) electrons. The molecule has 0 heterocycles. The third-order valence-corrected chi connectivity index (χ3v) is 0.262. The molecule has 0 aliphatic rings. The molecule has 0 saturated heterocycles. The van der Waals surface area contributed by atoms with Crippen LogP contribution in [-0.2, 0) is 0 Å². The summed E-state index contributed by atoms with van der Waals surface area (Å²) in [7, 11) is 1.31. The molecule has 0 aromatic heterocycles. The molecule has 0 spiro atoms. The second kappa shape index (κ2) is 2.75. The number of nitrogens with zero attached hydrogens (tertiary/aromatic N) is 1. The zero-order valence-electron chi connectivity index (χ0n) is 3.36. The molecule has 0 amide bonds. The fourth-order valence-electron chi connectivity index (χ4n) is 0.113. The molecule has 1 nitrogen and oxygen atoms in total. The van der Waals surface area contributed by atoms with Gasteiger partial charge in [-0.3, -0.25) is 4.99 Å². The highest BCUT2D eigenvalue weighted by atomic mass is 19.3. The maximum Gasteiger partial charge on any atom is 0.273 e. The summed E-state index contributed by atoms with van der Waals surface area (Å²) in [6, 6.07) is 0. The van der Waals surface area contributed by atoms with E-state index in [1.165, 1.54) is 7.05 Å². The summed E-state index contributed by atoms with van der Waals surface area (Å²) < 4.78 is 21.8. The fourth-order valence-corrected chi connectivity index (χ4v) is 0.113. The van der Waals surface area contributed by atoms with Gasteiger partial charge in [0.25, 0.3) is 6.43 Å². The standard InChI is InChI=1S/C3H5F2N/c1-6-2-3(4)5/h2-3H,1H3. The molecule has 0 fully saturated rings. The highest BCUT2D eigenvalue weighted by Crippen LogP contribution is 1.82. The second-order valence-electron chi connectivity index (χ2n) is 0.742. The maximum atomic E-state index is 10.9. The average Bonchev–Trinajstić information content (AvgIpc) is 1.35. The van der Waals surface area contributed by atoms with Crippen molar-refractivity contribution < 1.29 is 8.78 Å². The van der Waals surface area contributed by atoms with E-state index in [2.05, 4.69) is 4.99 Å². The van der Waals surface area contributed by atoms with Crippen molar-refractivity contribution in [3.05, 3.63) is 0 Å². The molecular formula is C3H5F2N. The van der Waals surface area contributed by atoms with Gasteiger partial charge >= 0.3 is 0 Å². The van der Waals surface area contributed by atoms with Gasteiger partial charge in [-0.25, -0.2) is 8.78 Å². The van der Waals surface area contributed by atoms with Crippen molar-refractivity contribution in [2.75, 3.05) is 7.05 Å². The summed E-state index contributed by atoms with van der Waals surface area (Å²) in [4.78, 5) is 3.06. The predicted molar refractivity (Wildman–Crippen MR) is 20.4 cm³/mol. The van der Waals surface area contributed by atoms with Gasteiger partial charge < -0.3 is 0 Å². The van der Waals surface area contributed by atoms with Crippen LogP contribution in [0.3, 0.4) is 0 Å². The zero-order valence-corrected chi connectivity index (χ0v) is 3.36. The van der Waals surface area contributed by atoms with E-state index in [-0.39, 0.29) is 0 Å². The van der Waals surface area contributed by atoms with Crippen LogP contribution in [0.25, 0.3) is 0 Å². The molecular weight excluding hydrogens is 88.0 g/mol. The minimum atomic E-state index is -2.39. The average molecular weight is 93.1 g/mol. The van der Waals surface area contributed by atoms with E-state index >= 15 is 0 Å². The summed E-state index contributed by atoms with van der Waals surface area (Å²) in [5.41, 5.74) is 0. The lowest BCUT2D eigenvalue weighted by Crippen LogP contribution is -1.87. The van der Waals surface area contributed by atoms with Gasteiger partial charge in [-0.2, -0.15) is 0 Å². The molecule has 0 saturated carbocycles. The van der Waals surface area contributed by atoms with Crippen molar-refractivity contribution in [2.24, 2.45) is 4.99 Å². The van der Waals surface area contributed by atoms with Gasteiger partial charge in [-0.1, -0.05) is 0 Å². The normalized spacial score (nSPS) is 11.3. The Morgan fingerprint density at radius 3 is 2.17 bits per heavy atom. The first-order valence-corrected chi connectivity index (χ1v) is 1.48. The van der Waals surface area contributed by atoms with Gasteiger partial charge in [0.15, 0.2) is 0 Å². The van der Waals surface area contributed by atoms with Crippen molar-refractivity contribution in [1.82, 2.24) is 0 Å². The Morgan fingerprint density at radius 1 is 1.67 bits per heavy atom. The molecule has 6 heavy (non-hydrogen) atoms. The largest absolute Gasteiger partial charge is 0.295 e. The van der Waals surface area contributed by atoms with Crippen molar-refractivity contribution >= 4 is 6.21 Å². The highest BCUT2D eigenvalue weighted by Gasteiger charge is 1.89. The number of rotatable bonds is 1. The fraction of sp³-hybridized carbons (Fsp3) is 0.667. The first-order valence-electron chi connectivity index (χ1n) is 1.48. The third-order valence-electron chi connectivity index (χ3n) is 0.262. The Bertz CT molecular complexity index is 50.8. The molecule has 0 aliphatic carbocycles. The monoisotopic (exact) mass is 93.0 g/mol. The molecule has 0 aromatic rings. The Morgan fingerprint density at radius 2 is 2.17 bits per heavy atom. The summed E-state index contributed by atoms with van der Waals surface area (Å²) in [6.45, 7) is 0. The third kappa shape index (κ3) is 3.53. The number of hydrogen-bond donors (Lipinski definition) is 0. The first kappa shape index (κ1) is 5.53. The minimum absolute atomic E-state index is 0.583. The van der Waals surface area contributed by atoms with Crippen molar-refractivity contribution in [3.8, 4) is 0 Å². The number of halogens is 2. The molecule has 0 bridgehead atoms. The summed E-state index contributed by atoms with van der Waals surface area (Å²) in [5.74, 6) is 0. The van der Waals surface area contributed by atoms with Gasteiger partial charge in [-0.15, -0.1) is 0 Å². The Kier molecular flexibility index (Phi) is 2.54. The molecule has 0 unspecified atom stereocenters. The SMILES string of the molecule is CN=CC(F)F. The van der Waals surface area contributed by atoms with Crippen molar-refractivity contribution in [3.63, 3.8) is 0 Å². The first-order chi connectivity index (χ1) is 2.77. The van der Waals surface area contributed by atoms with Crippen LogP contribution in [0.4, 0.5) is 8.78 Å². The number of aliphatic imine (C=N–C) groups is 1. The van der Waals surface area contributed by atoms with E-state index in [0.29, 0.717) is 6.21 Å². The van der Waals surface area contributed by atoms with E-state index in [0.717, 1.165) is 0 Å². The van der Waals surface area contributed by atoms with E-state index in [1.807, 2.05) is 0 Å². The summed E-state index contributed by atoms with van der Waals surface area (Å²) >= 11 is 0. The molecule has 0 atom stereocenters. The Balaban J connectivity index is 3.03. The summed E-state index contributed by atoms with van der Waals surface area (Å²) in [5, 5.41) is 0. The predicted octanol–water partition coefficient (Wildman–Crippen LogP) is 0.952. The lowest BCUT2D eigenvalue weighted by Gasteiger charge is -1.77. The molecule has 0 rings (SSSR count). The molecule has 3 heteroatoms. The van der Waals surface area contributed by atoms with E-state index < -0.39 is 6.43 Å². The van der Waals surface area contributed by atoms with Gasteiger partial charge in [0.1, 0.15) is 0 Å². The van der Waals surface area contributed by atoms with Crippen LogP contribution >= 0.6 is 0 Å². The van der Waals surface area contributed by atoms with Gasteiger partial charge in [0.2, 0.25) is 0 Å². The molecule has 36 valence electrons. The smallest absolute Gasteiger partial charge is 0.273 e. The number of alkyl halides is 2. The van der Waals surface area contributed by atoms with Crippen LogP contribution in [0.5, 0.6) is 0 Å². The second-order valence-corrected chi connectivity index (χ2v) is 0.742. The van der Waals surface area contributed by atoms with Crippen LogP contribution in [0.1, 0.15) is 0 Å². The van der Waals surface area contributed by atoms with Crippen LogP contribution in [0, 0.1) is 0 Å². The highest BCUT2D eigenvalue weighted by molar-refractivity contribution is 5.60. The quantitative estimate of drug-likeness (QED) is 0.428. The van der Waals surface area contributed by atoms with E-state index in [1.54, 1.807) is 0 Å². The van der Waals surface area contributed by atoms with Gasteiger partial charge in [0, 0.05) is 7.05 Å². The van der Waals surface area contributed by atoms with Crippen molar-refractivity contribution in [2.45, 2.75) is 6.43 Å². The van der Waals surface area contributed by atoms with Crippen LogP contribution in [-0.4, -0.2) is 19.7 Å². The number of hydrogen-bond acceptors (Lipinski definition) is 1. The van der Waals surface area contributed by atoms with Crippen molar-refractivity contribution in [1.29, 1.82) is 0 Å². The zero-order chi connectivity index (χ0) is 4.99. The molecule has 0 aliphatic heterocycles. The van der Waals surface area contributed by atoms with Crippen LogP contribution in [0.2, 0.25) is 0 Å². The summed E-state index contributed by atoms with van der Waals surface area (Å²) in [6.07, 6.45) is -1.81. The maximum absolute atomic E-state index is 10.9. The Hall–Kier alpha value is -0.470.